The maximum absolute atomic E-state index is 9.93. The minimum Gasteiger partial charge on any atom is -0.237 e. The van der Waals surface area contributed by atoms with E-state index in [-0.39, 0.29) is 29.6 Å². The molecular weight excluding hydrogens is 213 g/mol. The number of nitrogens with one attached hydrogen (secondary N) is 1. The molecular formula is C11H9N3NaO. The minimum atomic E-state index is 0. The van der Waals surface area contributed by atoms with Crippen LogP contribution in [0.2, 0.25) is 0 Å². The van der Waals surface area contributed by atoms with Crippen molar-refractivity contribution in [1.29, 1.82) is 0 Å². The second kappa shape index (κ2) is 6.37. The van der Waals surface area contributed by atoms with Gasteiger partial charge in [0.1, 0.15) is 5.82 Å². The van der Waals surface area contributed by atoms with Crippen LogP contribution in [0.5, 0.6) is 0 Å². The number of hydrogen-bond acceptors (Lipinski definition) is 3. The summed E-state index contributed by atoms with van der Waals surface area (Å²) in [5.74, 6) is 0.449. The molecule has 0 unspecified atom stereocenters. The molecule has 0 spiro atoms. The van der Waals surface area contributed by atoms with E-state index in [4.69, 9.17) is 0 Å². The van der Waals surface area contributed by atoms with E-state index in [1.165, 1.54) is 0 Å². The summed E-state index contributed by atoms with van der Waals surface area (Å²) in [6, 6.07) is 13.5. The summed E-state index contributed by atoms with van der Waals surface area (Å²) in [5.41, 5.74) is 4.34. The first kappa shape index (κ1) is 12.8. The Morgan fingerprint density at radius 2 is 1.75 bits per heavy atom. The first-order valence-electron chi connectivity index (χ1n) is 4.50. The van der Waals surface area contributed by atoms with Crippen LogP contribution in [-0.4, -0.2) is 34.5 Å². The Morgan fingerprint density at radius 3 is 2.31 bits per heavy atom. The average molecular weight is 222 g/mol. The van der Waals surface area contributed by atoms with Gasteiger partial charge in [-0.15, -0.1) is 4.91 Å². The van der Waals surface area contributed by atoms with Gasteiger partial charge in [0.15, 0.2) is 0 Å². The fraction of sp³-hybridized carbons (Fsp3) is 0. The van der Waals surface area contributed by atoms with Gasteiger partial charge >= 0.3 is 0 Å². The zero-order valence-electron chi connectivity index (χ0n) is 8.92. The molecule has 5 heteroatoms. The predicted octanol–water partition coefficient (Wildman–Crippen LogP) is 2.46. The van der Waals surface area contributed by atoms with Gasteiger partial charge in [0, 0.05) is 41.3 Å². The molecule has 0 bridgehead atoms. The molecule has 0 aliphatic rings. The molecule has 0 aliphatic carbocycles. The van der Waals surface area contributed by atoms with E-state index in [1.54, 1.807) is 12.3 Å². The Balaban J connectivity index is 0.00000128. The van der Waals surface area contributed by atoms with Gasteiger partial charge in [-0.2, -0.15) is 0 Å². The van der Waals surface area contributed by atoms with Crippen LogP contribution in [0.4, 0.5) is 5.82 Å². The third kappa shape index (κ3) is 3.13. The number of aromatic nitrogens is 1. The van der Waals surface area contributed by atoms with E-state index in [0.717, 1.165) is 11.1 Å². The van der Waals surface area contributed by atoms with Crippen LogP contribution in [0.3, 0.4) is 0 Å². The van der Waals surface area contributed by atoms with Gasteiger partial charge in [0.25, 0.3) is 0 Å². The summed E-state index contributed by atoms with van der Waals surface area (Å²) in [5, 5.41) is 2.55. The summed E-state index contributed by atoms with van der Waals surface area (Å²) in [6.45, 7) is 0. The topological polar surface area (TPSA) is 54.4 Å². The Bertz CT molecular complexity index is 445. The van der Waals surface area contributed by atoms with E-state index in [2.05, 4.69) is 15.7 Å². The number of pyridine rings is 1. The van der Waals surface area contributed by atoms with Crippen LogP contribution >= 0.6 is 0 Å². The molecule has 0 aliphatic heterocycles. The Labute approximate surface area is 115 Å². The van der Waals surface area contributed by atoms with Crippen LogP contribution in [0.25, 0.3) is 11.1 Å². The quantitative estimate of drug-likeness (QED) is 0.493. The molecule has 0 amide bonds. The number of nitrogens with zero attached hydrogens (tertiary/aromatic N) is 2. The minimum absolute atomic E-state index is 0. The molecule has 0 saturated heterocycles. The first-order valence-corrected chi connectivity index (χ1v) is 4.50. The van der Waals surface area contributed by atoms with Gasteiger partial charge in [-0.3, -0.25) is 0 Å². The molecule has 4 nitrogen and oxygen atoms in total. The van der Waals surface area contributed by atoms with Crippen LogP contribution in [-0.2, 0) is 0 Å². The number of anilines is 1. The average Bonchev–Trinajstić information content (AvgIpc) is 2.32. The van der Waals surface area contributed by atoms with Crippen molar-refractivity contribution in [2.24, 2.45) is 5.29 Å². The van der Waals surface area contributed by atoms with Gasteiger partial charge in [0.2, 0.25) is 0 Å². The summed E-state index contributed by atoms with van der Waals surface area (Å²) in [6.07, 6.45) is 1.70. The van der Waals surface area contributed by atoms with Crippen molar-refractivity contribution < 1.29 is 0 Å². The molecule has 1 aromatic heterocycles. The second-order valence-electron chi connectivity index (χ2n) is 3.00. The van der Waals surface area contributed by atoms with Gasteiger partial charge in [-0.1, -0.05) is 30.3 Å². The van der Waals surface area contributed by atoms with Crippen molar-refractivity contribution in [2.75, 3.05) is 5.43 Å². The molecule has 1 heterocycles. The third-order valence-electron chi connectivity index (χ3n) is 2.03. The van der Waals surface area contributed by atoms with Crippen molar-refractivity contribution in [2.45, 2.75) is 0 Å². The monoisotopic (exact) mass is 222 g/mol. The van der Waals surface area contributed by atoms with Crippen molar-refractivity contribution in [1.82, 2.24) is 4.98 Å². The summed E-state index contributed by atoms with van der Waals surface area (Å²) in [7, 11) is 0. The largest absolute Gasteiger partial charge is 0.237 e. The Morgan fingerprint density at radius 1 is 1.00 bits per heavy atom. The number of rotatable bonds is 3. The van der Waals surface area contributed by atoms with E-state index in [0.29, 0.717) is 5.82 Å². The maximum Gasteiger partial charge on any atom is 0.148 e. The number of hydrogen-bond donors (Lipinski definition) is 1. The van der Waals surface area contributed by atoms with E-state index in [1.807, 2.05) is 36.4 Å². The summed E-state index contributed by atoms with van der Waals surface area (Å²) < 4.78 is 0. The predicted molar refractivity (Wildman–Crippen MR) is 64.8 cm³/mol. The SMILES string of the molecule is O=NNc1ccc(-c2ccccc2)cn1.[Na]. The summed E-state index contributed by atoms with van der Waals surface area (Å²) in [4.78, 5) is 14.0. The van der Waals surface area contributed by atoms with Crippen LogP contribution in [0.1, 0.15) is 0 Å². The maximum atomic E-state index is 9.93. The van der Waals surface area contributed by atoms with Crippen molar-refractivity contribution in [3.05, 3.63) is 53.6 Å². The second-order valence-corrected chi connectivity index (χ2v) is 3.00. The fourth-order valence-corrected chi connectivity index (χ4v) is 1.31. The molecule has 1 N–H and O–H groups in total. The molecule has 16 heavy (non-hydrogen) atoms. The molecule has 0 saturated carbocycles. The molecule has 2 rings (SSSR count). The van der Waals surface area contributed by atoms with E-state index < -0.39 is 0 Å². The molecule has 1 aromatic carbocycles. The normalized spacial score (nSPS) is 9.00. The fourth-order valence-electron chi connectivity index (χ4n) is 1.31. The van der Waals surface area contributed by atoms with E-state index >= 15 is 0 Å². The van der Waals surface area contributed by atoms with Crippen LogP contribution in [0, 0.1) is 4.91 Å². The van der Waals surface area contributed by atoms with Crippen LogP contribution in [0.15, 0.2) is 53.9 Å². The zero-order chi connectivity index (χ0) is 10.5. The van der Waals surface area contributed by atoms with Gasteiger partial charge in [-0.05, 0) is 17.7 Å². The van der Waals surface area contributed by atoms with Crippen LogP contribution < -0.4 is 5.43 Å². The molecule has 1 radical (unpaired) electrons. The van der Waals surface area contributed by atoms with Gasteiger partial charge < -0.3 is 0 Å². The number of benzene rings is 1. The third-order valence-corrected chi connectivity index (χ3v) is 2.03. The van der Waals surface area contributed by atoms with Crippen molar-refractivity contribution in [3.8, 4) is 11.1 Å². The van der Waals surface area contributed by atoms with Crippen molar-refractivity contribution in [3.63, 3.8) is 0 Å². The van der Waals surface area contributed by atoms with E-state index in [9.17, 15) is 4.91 Å². The first-order chi connectivity index (χ1) is 7.40. The molecule has 0 atom stereocenters. The standard InChI is InChI=1S/C11H9N3O.Na/c15-14-13-11-7-6-10(8-12-11)9-4-2-1-3-5-9;/h1-8H,(H,12,13,15);. The zero-order valence-corrected chi connectivity index (χ0v) is 10.9. The van der Waals surface area contributed by atoms with Gasteiger partial charge in [-0.25, -0.2) is 10.4 Å². The number of nitroso groups, excluding NO2 is 1. The Kier molecular flexibility index (Phi) is 5.11. The molecule has 75 valence electrons. The van der Waals surface area contributed by atoms with Crippen molar-refractivity contribution >= 4 is 35.4 Å². The Hall–Kier alpha value is -1.23. The smallest absolute Gasteiger partial charge is 0.148 e. The molecule has 2 aromatic rings. The molecule has 0 fully saturated rings. The van der Waals surface area contributed by atoms with Gasteiger partial charge in [0.05, 0.1) is 5.29 Å². The summed E-state index contributed by atoms with van der Waals surface area (Å²) >= 11 is 0.